The van der Waals surface area contributed by atoms with Gasteiger partial charge in [0.1, 0.15) is 5.52 Å². The third kappa shape index (κ3) is 2.14. The Kier molecular flexibility index (Phi) is 3.13. The van der Waals surface area contributed by atoms with E-state index in [9.17, 15) is 0 Å². The molecule has 1 aromatic carbocycles. The van der Waals surface area contributed by atoms with Crippen molar-refractivity contribution in [1.82, 2.24) is 4.98 Å². The van der Waals surface area contributed by atoms with Gasteiger partial charge in [0, 0.05) is 17.4 Å². The molecule has 3 heteroatoms. The number of hydrogen-bond donors (Lipinski definition) is 1. The molecule has 20 heavy (non-hydrogen) atoms. The van der Waals surface area contributed by atoms with Gasteiger partial charge in [-0.3, -0.25) is 0 Å². The molecule has 0 spiro atoms. The van der Waals surface area contributed by atoms with Crippen LogP contribution in [0, 0.1) is 0 Å². The van der Waals surface area contributed by atoms with Crippen molar-refractivity contribution in [3.05, 3.63) is 29.7 Å². The van der Waals surface area contributed by atoms with Crippen molar-refractivity contribution < 1.29 is 4.42 Å². The lowest BCUT2D eigenvalue weighted by molar-refractivity contribution is 0.411. The van der Waals surface area contributed by atoms with Crippen LogP contribution in [-0.2, 0) is 10.8 Å². The second kappa shape index (κ2) is 4.59. The highest BCUT2D eigenvalue weighted by Gasteiger charge is 2.34. The Hall–Kier alpha value is -1.35. The van der Waals surface area contributed by atoms with Crippen LogP contribution in [0.15, 0.2) is 22.6 Å². The lowest BCUT2D eigenvalue weighted by Crippen LogP contribution is -2.31. The van der Waals surface area contributed by atoms with Crippen LogP contribution in [0.3, 0.4) is 0 Å². The Morgan fingerprint density at radius 1 is 1.25 bits per heavy atom. The third-order valence-corrected chi connectivity index (χ3v) is 4.59. The molecule has 0 unspecified atom stereocenters. The second-order valence-electron chi connectivity index (χ2n) is 7.14. The largest absolute Gasteiger partial charge is 0.440 e. The van der Waals surface area contributed by atoms with Crippen LogP contribution in [-0.4, -0.2) is 11.5 Å². The molecule has 3 rings (SSSR count). The SMILES string of the molecule is CC(C)(C)c1nc2cc(C3(CN)CCCC3)ccc2o1. The fourth-order valence-corrected chi connectivity index (χ4v) is 3.24. The normalized spacial score (nSPS) is 18.8. The maximum Gasteiger partial charge on any atom is 0.200 e. The molecular formula is C17H24N2O. The summed E-state index contributed by atoms with van der Waals surface area (Å²) < 4.78 is 5.87. The summed E-state index contributed by atoms with van der Waals surface area (Å²) in [6, 6.07) is 6.42. The van der Waals surface area contributed by atoms with Crippen LogP contribution in [0.4, 0.5) is 0 Å². The van der Waals surface area contributed by atoms with E-state index in [1.807, 2.05) is 0 Å². The Labute approximate surface area is 120 Å². The fraction of sp³-hybridized carbons (Fsp3) is 0.588. The highest BCUT2D eigenvalue weighted by atomic mass is 16.3. The minimum absolute atomic E-state index is 0.0574. The van der Waals surface area contributed by atoms with Gasteiger partial charge in [-0.25, -0.2) is 4.98 Å². The molecule has 1 heterocycles. The van der Waals surface area contributed by atoms with Crippen molar-refractivity contribution in [2.45, 2.75) is 57.3 Å². The quantitative estimate of drug-likeness (QED) is 0.902. The van der Waals surface area contributed by atoms with Gasteiger partial charge in [0.2, 0.25) is 5.89 Å². The number of fused-ring (bicyclic) bond motifs is 1. The number of rotatable bonds is 2. The van der Waals surface area contributed by atoms with Gasteiger partial charge in [-0.05, 0) is 30.5 Å². The zero-order valence-corrected chi connectivity index (χ0v) is 12.7. The van der Waals surface area contributed by atoms with E-state index in [1.165, 1.54) is 31.2 Å². The van der Waals surface area contributed by atoms with Gasteiger partial charge in [-0.2, -0.15) is 0 Å². The molecular weight excluding hydrogens is 248 g/mol. The van der Waals surface area contributed by atoms with E-state index < -0.39 is 0 Å². The van der Waals surface area contributed by atoms with Crippen molar-refractivity contribution in [3.8, 4) is 0 Å². The molecule has 0 atom stereocenters. The van der Waals surface area contributed by atoms with Gasteiger partial charge in [0.15, 0.2) is 5.58 Å². The molecule has 1 fully saturated rings. The van der Waals surface area contributed by atoms with Crippen molar-refractivity contribution >= 4 is 11.1 Å². The van der Waals surface area contributed by atoms with E-state index in [-0.39, 0.29) is 10.8 Å². The summed E-state index contributed by atoms with van der Waals surface area (Å²) in [6.07, 6.45) is 4.94. The van der Waals surface area contributed by atoms with E-state index in [4.69, 9.17) is 10.2 Å². The maximum atomic E-state index is 6.08. The van der Waals surface area contributed by atoms with Crippen LogP contribution in [0.2, 0.25) is 0 Å². The predicted molar refractivity (Wildman–Crippen MR) is 81.9 cm³/mol. The molecule has 0 aliphatic heterocycles. The molecule has 1 aromatic heterocycles. The topological polar surface area (TPSA) is 52.0 Å². The summed E-state index contributed by atoms with van der Waals surface area (Å²) in [7, 11) is 0. The van der Waals surface area contributed by atoms with E-state index in [1.54, 1.807) is 0 Å². The van der Waals surface area contributed by atoms with E-state index >= 15 is 0 Å². The Bertz CT molecular complexity index is 615. The molecule has 1 saturated carbocycles. The Morgan fingerprint density at radius 2 is 1.95 bits per heavy atom. The highest BCUT2D eigenvalue weighted by molar-refractivity contribution is 5.74. The summed E-state index contributed by atoms with van der Waals surface area (Å²) in [6.45, 7) is 7.09. The smallest absolute Gasteiger partial charge is 0.200 e. The molecule has 3 nitrogen and oxygen atoms in total. The zero-order chi connectivity index (χ0) is 14.4. The predicted octanol–water partition coefficient (Wildman–Crippen LogP) is 3.90. The molecule has 108 valence electrons. The van der Waals surface area contributed by atoms with Gasteiger partial charge in [0.05, 0.1) is 0 Å². The van der Waals surface area contributed by atoms with Crippen LogP contribution < -0.4 is 5.73 Å². The zero-order valence-electron chi connectivity index (χ0n) is 12.7. The minimum atomic E-state index is -0.0574. The van der Waals surface area contributed by atoms with Crippen molar-refractivity contribution in [2.24, 2.45) is 5.73 Å². The van der Waals surface area contributed by atoms with Gasteiger partial charge in [-0.1, -0.05) is 39.7 Å². The summed E-state index contributed by atoms with van der Waals surface area (Å²) in [5.41, 5.74) is 9.36. The first kappa shape index (κ1) is 13.6. The second-order valence-corrected chi connectivity index (χ2v) is 7.14. The van der Waals surface area contributed by atoms with E-state index in [2.05, 4.69) is 44.0 Å². The number of nitrogens with two attached hydrogens (primary N) is 1. The molecule has 0 saturated heterocycles. The van der Waals surface area contributed by atoms with Crippen molar-refractivity contribution in [1.29, 1.82) is 0 Å². The number of benzene rings is 1. The average molecular weight is 272 g/mol. The van der Waals surface area contributed by atoms with Crippen LogP contribution in [0.25, 0.3) is 11.1 Å². The average Bonchev–Trinajstić information content (AvgIpc) is 3.04. The van der Waals surface area contributed by atoms with Gasteiger partial charge < -0.3 is 10.2 Å². The molecule has 1 aliphatic carbocycles. The summed E-state index contributed by atoms with van der Waals surface area (Å²) in [5.74, 6) is 0.804. The summed E-state index contributed by atoms with van der Waals surface area (Å²) in [4.78, 5) is 4.67. The van der Waals surface area contributed by atoms with Crippen LogP contribution in [0.5, 0.6) is 0 Å². The summed E-state index contributed by atoms with van der Waals surface area (Å²) in [5, 5.41) is 0. The standard InChI is InChI=1S/C17H24N2O/c1-16(2,3)15-19-13-10-12(6-7-14(13)20-15)17(11-18)8-4-5-9-17/h6-7,10H,4-5,8-9,11,18H2,1-3H3. The van der Waals surface area contributed by atoms with Crippen molar-refractivity contribution in [3.63, 3.8) is 0 Å². The molecule has 0 bridgehead atoms. The highest BCUT2D eigenvalue weighted by Crippen LogP contribution is 2.41. The number of hydrogen-bond acceptors (Lipinski definition) is 3. The third-order valence-electron chi connectivity index (χ3n) is 4.59. The molecule has 0 radical (unpaired) electrons. The molecule has 2 aromatic rings. The number of nitrogens with zero attached hydrogens (tertiary/aromatic N) is 1. The summed E-state index contributed by atoms with van der Waals surface area (Å²) >= 11 is 0. The molecule has 0 amide bonds. The van der Waals surface area contributed by atoms with E-state index in [0.29, 0.717) is 0 Å². The Morgan fingerprint density at radius 3 is 2.55 bits per heavy atom. The first-order valence-corrected chi connectivity index (χ1v) is 7.56. The van der Waals surface area contributed by atoms with Gasteiger partial charge in [0.25, 0.3) is 0 Å². The number of oxazole rings is 1. The fourth-order valence-electron chi connectivity index (χ4n) is 3.24. The minimum Gasteiger partial charge on any atom is -0.440 e. The first-order valence-electron chi connectivity index (χ1n) is 7.56. The van der Waals surface area contributed by atoms with Gasteiger partial charge >= 0.3 is 0 Å². The maximum absolute atomic E-state index is 6.08. The monoisotopic (exact) mass is 272 g/mol. The molecule has 2 N–H and O–H groups in total. The van der Waals surface area contributed by atoms with Crippen molar-refractivity contribution in [2.75, 3.05) is 6.54 Å². The lowest BCUT2D eigenvalue weighted by atomic mass is 9.79. The molecule has 1 aliphatic rings. The van der Waals surface area contributed by atoms with Gasteiger partial charge in [-0.15, -0.1) is 0 Å². The number of aromatic nitrogens is 1. The Balaban J connectivity index is 2.06. The van der Waals surface area contributed by atoms with Crippen LogP contribution in [0.1, 0.15) is 57.9 Å². The van der Waals surface area contributed by atoms with E-state index in [0.717, 1.165) is 23.5 Å². The van der Waals surface area contributed by atoms with Crippen LogP contribution >= 0.6 is 0 Å². The first-order chi connectivity index (χ1) is 9.44. The lowest BCUT2D eigenvalue weighted by Gasteiger charge is -2.27.